The van der Waals surface area contributed by atoms with E-state index in [-0.39, 0.29) is 22.9 Å². The second-order valence-electron chi connectivity index (χ2n) is 3.61. The van der Waals surface area contributed by atoms with Crippen LogP contribution in [0.15, 0.2) is 23.1 Å². The van der Waals surface area contributed by atoms with Gasteiger partial charge in [0, 0.05) is 12.1 Å². The van der Waals surface area contributed by atoms with Crippen molar-refractivity contribution < 1.29 is 17.9 Å². The lowest BCUT2D eigenvalue weighted by Gasteiger charge is -2.08. The number of anilines is 1. The SMILES string of the molecule is COCCOCCS(=O)(=O)c1ccc(Cl)cc1N. The Morgan fingerprint density at radius 2 is 2.00 bits per heavy atom. The van der Waals surface area contributed by atoms with Crippen LogP contribution in [0.3, 0.4) is 0 Å². The fraction of sp³-hybridized carbons (Fsp3) is 0.455. The van der Waals surface area contributed by atoms with Crippen LogP contribution in [0, 0.1) is 0 Å². The molecular weight excluding hydrogens is 278 g/mol. The summed E-state index contributed by atoms with van der Waals surface area (Å²) in [6.45, 7) is 0.902. The highest BCUT2D eigenvalue weighted by molar-refractivity contribution is 7.91. The van der Waals surface area contributed by atoms with E-state index in [1.807, 2.05) is 0 Å². The van der Waals surface area contributed by atoms with Gasteiger partial charge in [-0.1, -0.05) is 11.6 Å². The first-order valence-corrected chi connectivity index (χ1v) is 7.35. The second kappa shape index (κ2) is 6.94. The van der Waals surface area contributed by atoms with E-state index in [4.69, 9.17) is 26.8 Å². The Labute approximate surface area is 112 Å². The largest absolute Gasteiger partial charge is 0.398 e. The molecule has 1 rings (SSSR count). The van der Waals surface area contributed by atoms with Crippen molar-refractivity contribution in [2.24, 2.45) is 0 Å². The normalized spacial score (nSPS) is 11.7. The van der Waals surface area contributed by atoms with Gasteiger partial charge in [-0.15, -0.1) is 0 Å². The predicted octanol–water partition coefficient (Wildman–Crippen LogP) is 1.36. The molecule has 2 N–H and O–H groups in total. The van der Waals surface area contributed by atoms with E-state index in [2.05, 4.69) is 0 Å². The Balaban J connectivity index is 2.63. The highest BCUT2D eigenvalue weighted by Gasteiger charge is 2.17. The maximum absolute atomic E-state index is 12.0. The zero-order valence-corrected chi connectivity index (χ0v) is 11.6. The highest BCUT2D eigenvalue weighted by Crippen LogP contribution is 2.23. The number of benzene rings is 1. The molecule has 1 aromatic rings. The van der Waals surface area contributed by atoms with Crippen LogP contribution in [0.2, 0.25) is 5.02 Å². The third-order valence-corrected chi connectivity index (χ3v) is 4.22. The van der Waals surface area contributed by atoms with E-state index in [0.717, 1.165) is 0 Å². The number of nitrogens with two attached hydrogens (primary N) is 1. The lowest BCUT2D eigenvalue weighted by atomic mass is 10.3. The summed E-state index contributed by atoms with van der Waals surface area (Å²) in [4.78, 5) is 0.0854. The van der Waals surface area contributed by atoms with Crippen LogP contribution in [0.5, 0.6) is 0 Å². The Morgan fingerprint density at radius 1 is 1.28 bits per heavy atom. The number of rotatable bonds is 7. The minimum Gasteiger partial charge on any atom is -0.398 e. The van der Waals surface area contributed by atoms with Crippen LogP contribution in [0.25, 0.3) is 0 Å². The smallest absolute Gasteiger partial charge is 0.182 e. The molecule has 0 amide bonds. The first-order chi connectivity index (χ1) is 8.47. The first-order valence-electron chi connectivity index (χ1n) is 5.32. The summed E-state index contributed by atoms with van der Waals surface area (Å²) < 4.78 is 33.8. The number of hydrogen-bond acceptors (Lipinski definition) is 5. The minimum absolute atomic E-state index is 0.0854. The van der Waals surface area contributed by atoms with Gasteiger partial charge < -0.3 is 15.2 Å². The lowest BCUT2D eigenvalue weighted by Crippen LogP contribution is -2.15. The third-order valence-electron chi connectivity index (χ3n) is 2.24. The van der Waals surface area contributed by atoms with E-state index >= 15 is 0 Å². The quantitative estimate of drug-likeness (QED) is 0.606. The molecular formula is C11H16ClNO4S. The van der Waals surface area contributed by atoms with Crippen LogP contribution in [-0.2, 0) is 19.3 Å². The molecule has 0 heterocycles. The molecule has 0 radical (unpaired) electrons. The van der Waals surface area contributed by atoms with Crippen LogP contribution in [0.4, 0.5) is 5.69 Å². The summed E-state index contributed by atoms with van der Waals surface area (Å²) in [5.74, 6) is -0.122. The zero-order chi connectivity index (χ0) is 13.6. The van der Waals surface area contributed by atoms with Gasteiger partial charge in [-0.2, -0.15) is 0 Å². The average Bonchev–Trinajstić information content (AvgIpc) is 2.28. The van der Waals surface area contributed by atoms with Crippen molar-refractivity contribution in [3.63, 3.8) is 0 Å². The molecule has 0 aliphatic carbocycles. The summed E-state index contributed by atoms with van der Waals surface area (Å²) >= 11 is 5.72. The highest BCUT2D eigenvalue weighted by atomic mass is 35.5. The molecule has 0 aromatic heterocycles. The number of ether oxygens (including phenoxy) is 2. The van der Waals surface area contributed by atoms with Crippen molar-refractivity contribution in [2.45, 2.75) is 4.90 Å². The third kappa shape index (κ3) is 4.45. The van der Waals surface area contributed by atoms with Gasteiger partial charge in [-0.3, -0.25) is 0 Å². The monoisotopic (exact) mass is 293 g/mol. The standard InChI is InChI=1S/C11H16ClNO4S/c1-16-4-5-17-6-7-18(14,15)11-3-2-9(12)8-10(11)13/h2-3,8H,4-7,13H2,1H3. The van der Waals surface area contributed by atoms with Gasteiger partial charge in [0.05, 0.1) is 36.2 Å². The Bertz CT molecular complexity index is 490. The molecule has 0 aliphatic rings. The minimum atomic E-state index is -3.44. The molecule has 102 valence electrons. The molecule has 18 heavy (non-hydrogen) atoms. The summed E-state index contributed by atoms with van der Waals surface area (Å²) in [6, 6.07) is 4.32. The molecule has 5 nitrogen and oxygen atoms in total. The fourth-order valence-electron chi connectivity index (χ4n) is 1.33. The van der Waals surface area contributed by atoms with Gasteiger partial charge in [0.1, 0.15) is 0 Å². The van der Waals surface area contributed by atoms with Crippen LogP contribution < -0.4 is 5.73 Å². The fourth-order valence-corrected chi connectivity index (χ4v) is 2.76. The molecule has 0 fully saturated rings. The number of sulfone groups is 1. The van der Waals surface area contributed by atoms with E-state index < -0.39 is 9.84 Å². The van der Waals surface area contributed by atoms with Crippen molar-refractivity contribution in [3.05, 3.63) is 23.2 Å². The van der Waals surface area contributed by atoms with E-state index in [1.54, 1.807) is 7.11 Å². The molecule has 0 bridgehead atoms. The second-order valence-corrected chi connectivity index (χ2v) is 6.12. The van der Waals surface area contributed by atoms with Gasteiger partial charge in [-0.25, -0.2) is 8.42 Å². The number of methoxy groups -OCH3 is 1. The van der Waals surface area contributed by atoms with Gasteiger partial charge in [0.15, 0.2) is 9.84 Å². The molecule has 1 aromatic carbocycles. The summed E-state index contributed by atoms with van der Waals surface area (Å²) in [5, 5.41) is 0.405. The van der Waals surface area contributed by atoms with Crippen molar-refractivity contribution in [1.82, 2.24) is 0 Å². The predicted molar refractivity (Wildman–Crippen MR) is 70.6 cm³/mol. The number of hydrogen-bond donors (Lipinski definition) is 1. The van der Waals surface area contributed by atoms with Crippen LogP contribution in [-0.4, -0.2) is 41.1 Å². The molecule has 0 saturated heterocycles. The van der Waals surface area contributed by atoms with Crippen molar-refractivity contribution in [2.75, 3.05) is 38.4 Å². The van der Waals surface area contributed by atoms with Gasteiger partial charge in [-0.05, 0) is 18.2 Å². The van der Waals surface area contributed by atoms with E-state index in [9.17, 15) is 8.42 Å². The van der Waals surface area contributed by atoms with Gasteiger partial charge in [0.25, 0.3) is 0 Å². The Morgan fingerprint density at radius 3 is 2.61 bits per heavy atom. The van der Waals surface area contributed by atoms with Crippen molar-refractivity contribution in [3.8, 4) is 0 Å². The molecule has 0 saturated carbocycles. The molecule has 0 atom stereocenters. The van der Waals surface area contributed by atoms with E-state index in [0.29, 0.717) is 18.2 Å². The summed E-state index contributed by atoms with van der Waals surface area (Å²) in [5.41, 5.74) is 5.79. The maximum atomic E-state index is 12.0. The van der Waals surface area contributed by atoms with Crippen molar-refractivity contribution in [1.29, 1.82) is 0 Å². The Hall–Kier alpha value is -0.820. The summed E-state index contributed by atoms with van der Waals surface area (Å²) in [7, 11) is -1.89. The first kappa shape index (κ1) is 15.2. The zero-order valence-electron chi connectivity index (χ0n) is 10.1. The molecule has 0 unspecified atom stereocenters. The number of nitrogen functional groups attached to an aromatic ring is 1. The number of halogens is 1. The van der Waals surface area contributed by atoms with Gasteiger partial charge in [0.2, 0.25) is 0 Å². The summed E-state index contributed by atoms with van der Waals surface area (Å²) in [6.07, 6.45) is 0. The average molecular weight is 294 g/mol. The molecule has 0 aliphatic heterocycles. The maximum Gasteiger partial charge on any atom is 0.182 e. The Kier molecular flexibility index (Phi) is 5.87. The van der Waals surface area contributed by atoms with Gasteiger partial charge >= 0.3 is 0 Å². The molecule has 0 spiro atoms. The lowest BCUT2D eigenvalue weighted by molar-refractivity contribution is 0.0785. The van der Waals surface area contributed by atoms with Crippen molar-refractivity contribution >= 4 is 27.1 Å². The van der Waals surface area contributed by atoms with E-state index in [1.165, 1.54) is 18.2 Å². The van der Waals surface area contributed by atoms with Crippen LogP contribution in [0.1, 0.15) is 0 Å². The van der Waals surface area contributed by atoms with Crippen LogP contribution >= 0.6 is 11.6 Å². The molecule has 7 heteroatoms. The topological polar surface area (TPSA) is 78.6 Å².